The first-order valence-corrected chi connectivity index (χ1v) is 10.7. The van der Waals surface area contributed by atoms with Crippen LogP contribution in [0.25, 0.3) is 0 Å². The topological polar surface area (TPSA) is 87.1 Å². The van der Waals surface area contributed by atoms with Gasteiger partial charge in [-0.05, 0) is 32.4 Å². The highest BCUT2D eigenvalue weighted by atomic mass is 127. The van der Waals surface area contributed by atoms with E-state index in [9.17, 15) is 0 Å². The molecule has 2 heterocycles. The summed E-state index contributed by atoms with van der Waals surface area (Å²) in [5.74, 6) is 1.72. The van der Waals surface area contributed by atoms with E-state index < -0.39 is 0 Å². The minimum atomic E-state index is 0. The number of piperazine rings is 1. The Bertz CT molecular complexity index is 557. The highest BCUT2D eigenvalue weighted by Crippen LogP contribution is 2.09. The fourth-order valence-corrected chi connectivity index (χ4v) is 3.08. The number of nitrogens with zero attached hydrogens (tertiary/aromatic N) is 5. The molecule has 0 unspecified atom stereocenters. The molecule has 0 bridgehead atoms. The van der Waals surface area contributed by atoms with Crippen molar-refractivity contribution in [3.8, 4) is 0 Å². The summed E-state index contributed by atoms with van der Waals surface area (Å²) in [7, 11) is 1.68. The molecule has 2 rings (SSSR count). The molecule has 2 N–H and O–H groups in total. The minimum Gasteiger partial charge on any atom is -0.382 e. The van der Waals surface area contributed by atoms with Crippen molar-refractivity contribution in [3.05, 3.63) is 18.5 Å². The number of aromatic nitrogens is 2. The van der Waals surface area contributed by atoms with Gasteiger partial charge in [0.1, 0.15) is 0 Å². The van der Waals surface area contributed by atoms with Gasteiger partial charge in [0.25, 0.3) is 0 Å². The lowest BCUT2D eigenvalue weighted by Gasteiger charge is -2.34. The Morgan fingerprint density at radius 2 is 1.83 bits per heavy atom. The molecule has 1 aromatic heterocycles. The molecule has 0 aliphatic carbocycles. The van der Waals surface area contributed by atoms with Crippen molar-refractivity contribution in [1.82, 2.24) is 25.5 Å². The zero-order valence-electron chi connectivity index (χ0n) is 18.4. The van der Waals surface area contributed by atoms with Gasteiger partial charge >= 0.3 is 0 Å². The van der Waals surface area contributed by atoms with Crippen molar-refractivity contribution in [2.24, 2.45) is 4.99 Å². The molecule has 0 aromatic carbocycles. The number of hydrogen-bond acceptors (Lipinski definition) is 7. The zero-order chi connectivity index (χ0) is 20.6. The molecule has 0 spiro atoms. The fraction of sp³-hybridized carbons (Fsp3) is 0.750. The van der Waals surface area contributed by atoms with Gasteiger partial charge in [-0.3, -0.25) is 9.89 Å². The second kappa shape index (κ2) is 17.4. The number of guanidine groups is 1. The summed E-state index contributed by atoms with van der Waals surface area (Å²) in [6, 6.07) is 1.86. The summed E-state index contributed by atoms with van der Waals surface area (Å²) in [4.78, 5) is 18.0. The Balaban J connectivity index is 0.00000450. The monoisotopic (exact) mass is 535 g/mol. The summed E-state index contributed by atoms with van der Waals surface area (Å²) in [5, 5.41) is 6.73. The van der Waals surface area contributed by atoms with E-state index in [0.29, 0.717) is 19.8 Å². The lowest BCUT2D eigenvalue weighted by atomic mass is 10.3. The van der Waals surface area contributed by atoms with Crippen LogP contribution in [0.1, 0.15) is 19.8 Å². The average Bonchev–Trinajstić information content (AvgIpc) is 2.77. The summed E-state index contributed by atoms with van der Waals surface area (Å²) < 4.78 is 10.4. The third-order valence-electron chi connectivity index (χ3n) is 4.64. The maximum absolute atomic E-state index is 5.47. The molecule has 1 aliphatic heterocycles. The molecule has 9 nitrogen and oxygen atoms in total. The van der Waals surface area contributed by atoms with Crippen LogP contribution >= 0.6 is 24.0 Å². The standard InChI is InChI=1S/C20H37N7O2.HI/c1-3-21-19(23-10-6-16-29-18-17-28-2)22-9-5-11-26-12-14-27(15-13-26)20-24-7-4-8-25-20;/h4,7-8H,3,5-6,9-18H2,1-2H3,(H2,21,22,23);1H. The molecular formula is C20H38IN7O2. The van der Waals surface area contributed by atoms with Crippen LogP contribution < -0.4 is 15.5 Å². The van der Waals surface area contributed by atoms with E-state index in [2.05, 4.69) is 42.3 Å². The fourth-order valence-electron chi connectivity index (χ4n) is 3.08. The second-order valence-corrected chi connectivity index (χ2v) is 6.88. The molecule has 1 aromatic rings. The first-order chi connectivity index (χ1) is 14.3. The first-order valence-electron chi connectivity index (χ1n) is 10.7. The van der Waals surface area contributed by atoms with Gasteiger partial charge in [0.2, 0.25) is 5.95 Å². The van der Waals surface area contributed by atoms with E-state index in [1.54, 1.807) is 19.5 Å². The number of hydrogen-bond donors (Lipinski definition) is 2. The summed E-state index contributed by atoms with van der Waals surface area (Å²) in [6.45, 7) is 11.8. The second-order valence-electron chi connectivity index (χ2n) is 6.88. The van der Waals surface area contributed by atoms with Crippen LogP contribution in [0, 0.1) is 0 Å². The predicted molar refractivity (Wildman–Crippen MR) is 132 cm³/mol. The Morgan fingerprint density at radius 1 is 1.07 bits per heavy atom. The van der Waals surface area contributed by atoms with Gasteiger partial charge in [-0.15, -0.1) is 24.0 Å². The van der Waals surface area contributed by atoms with Crippen LogP contribution in [0.4, 0.5) is 5.95 Å². The number of nitrogens with one attached hydrogen (secondary N) is 2. The summed E-state index contributed by atoms with van der Waals surface area (Å²) in [6.07, 6.45) is 5.61. The first kappa shape index (κ1) is 26.8. The van der Waals surface area contributed by atoms with Crippen molar-refractivity contribution in [3.63, 3.8) is 0 Å². The molecule has 10 heteroatoms. The molecule has 0 radical (unpaired) electrons. The van der Waals surface area contributed by atoms with E-state index in [1.807, 2.05) is 6.07 Å². The lowest BCUT2D eigenvalue weighted by molar-refractivity contribution is 0.0702. The van der Waals surface area contributed by atoms with Gasteiger partial charge in [-0.1, -0.05) is 0 Å². The highest BCUT2D eigenvalue weighted by Gasteiger charge is 2.18. The third kappa shape index (κ3) is 11.2. The number of ether oxygens (including phenoxy) is 2. The van der Waals surface area contributed by atoms with Gasteiger partial charge in [0, 0.05) is 71.9 Å². The van der Waals surface area contributed by atoms with E-state index >= 15 is 0 Å². The van der Waals surface area contributed by atoms with E-state index in [0.717, 1.165) is 77.1 Å². The Kier molecular flexibility index (Phi) is 15.6. The molecule has 0 saturated carbocycles. The van der Waals surface area contributed by atoms with E-state index in [-0.39, 0.29) is 24.0 Å². The van der Waals surface area contributed by atoms with Crippen LogP contribution in [0.15, 0.2) is 23.5 Å². The molecule has 0 amide bonds. The zero-order valence-corrected chi connectivity index (χ0v) is 20.7. The van der Waals surface area contributed by atoms with Gasteiger partial charge < -0.3 is 25.0 Å². The van der Waals surface area contributed by atoms with Crippen molar-refractivity contribution in [1.29, 1.82) is 0 Å². The molecule has 1 fully saturated rings. The maximum Gasteiger partial charge on any atom is 0.225 e. The van der Waals surface area contributed by atoms with Crippen LogP contribution in [0.5, 0.6) is 0 Å². The number of anilines is 1. The Hall–Kier alpha value is -1.24. The molecular weight excluding hydrogens is 497 g/mol. The largest absolute Gasteiger partial charge is 0.382 e. The smallest absolute Gasteiger partial charge is 0.225 e. The van der Waals surface area contributed by atoms with E-state index in [4.69, 9.17) is 9.47 Å². The van der Waals surface area contributed by atoms with Gasteiger partial charge in [-0.25, -0.2) is 9.97 Å². The highest BCUT2D eigenvalue weighted by molar-refractivity contribution is 14.0. The van der Waals surface area contributed by atoms with E-state index in [1.165, 1.54) is 0 Å². The van der Waals surface area contributed by atoms with Gasteiger partial charge in [0.05, 0.1) is 13.2 Å². The Morgan fingerprint density at radius 3 is 2.53 bits per heavy atom. The number of halogens is 1. The van der Waals surface area contributed by atoms with Crippen molar-refractivity contribution in [2.75, 3.05) is 84.2 Å². The number of aliphatic imine (C=N–C) groups is 1. The minimum absolute atomic E-state index is 0. The summed E-state index contributed by atoms with van der Waals surface area (Å²) in [5.41, 5.74) is 0. The maximum atomic E-state index is 5.47. The number of rotatable bonds is 13. The normalized spacial score (nSPS) is 15.0. The van der Waals surface area contributed by atoms with Crippen LogP contribution in [0.2, 0.25) is 0 Å². The van der Waals surface area contributed by atoms with Crippen molar-refractivity contribution in [2.45, 2.75) is 19.8 Å². The molecule has 30 heavy (non-hydrogen) atoms. The van der Waals surface area contributed by atoms with Crippen LogP contribution in [-0.2, 0) is 9.47 Å². The van der Waals surface area contributed by atoms with Gasteiger partial charge in [0.15, 0.2) is 5.96 Å². The van der Waals surface area contributed by atoms with Gasteiger partial charge in [-0.2, -0.15) is 0 Å². The Labute approximate surface area is 198 Å². The van der Waals surface area contributed by atoms with Crippen LogP contribution in [0.3, 0.4) is 0 Å². The van der Waals surface area contributed by atoms with Crippen molar-refractivity contribution >= 4 is 35.9 Å². The predicted octanol–water partition coefficient (Wildman–Crippen LogP) is 1.21. The van der Waals surface area contributed by atoms with Crippen molar-refractivity contribution < 1.29 is 9.47 Å². The molecule has 1 aliphatic rings. The average molecular weight is 535 g/mol. The van der Waals surface area contributed by atoms with Crippen LogP contribution in [-0.4, -0.2) is 100 Å². The molecule has 0 atom stereocenters. The lowest BCUT2D eigenvalue weighted by Crippen LogP contribution is -2.47. The molecule has 1 saturated heterocycles. The third-order valence-corrected chi connectivity index (χ3v) is 4.64. The SMILES string of the molecule is CCNC(=NCCCOCCOC)NCCCN1CCN(c2ncccn2)CC1.I. The molecule has 172 valence electrons. The summed E-state index contributed by atoms with van der Waals surface area (Å²) >= 11 is 0. The number of methoxy groups -OCH3 is 1. The quantitative estimate of drug-likeness (QED) is 0.169.